The largest absolute Gasteiger partial charge is 0.299 e. The first kappa shape index (κ1) is 16.7. The summed E-state index contributed by atoms with van der Waals surface area (Å²) in [5.74, 6) is 1.42. The third kappa shape index (κ3) is 2.66. The number of aldehydes is 1. The zero-order chi connectivity index (χ0) is 16.7. The number of carbonyl (C=O) groups excluding carboxylic acids is 1. The number of hydrogen-bond acceptors (Lipinski definition) is 1. The van der Waals surface area contributed by atoms with Gasteiger partial charge >= 0.3 is 0 Å². The van der Waals surface area contributed by atoms with Crippen molar-refractivity contribution in [2.75, 3.05) is 0 Å². The normalized spacial score (nSPS) is 46.7. The van der Waals surface area contributed by atoms with Gasteiger partial charge < -0.3 is 0 Å². The van der Waals surface area contributed by atoms with Gasteiger partial charge in [0, 0.05) is 0 Å². The molecule has 3 aliphatic rings. The van der Waals surface area contributed by atoms with Gasteiger partial charge in [0.1, 0.15) is 6.29 Å². The van der Waals surface area contributed by atoms with E-state index in [-0.39, 0.29) is 10.8 Å². The number of fused-ring (bicyclic) bond motifs is 3. The average Bonchev–Trinajstić information content (AvgIpc) is 2.52. The van der Waals surface area contributed by atoms with Gasteiger partial charge in [0.25, 0.3) is 0 Å². The highest BCUT2D eigenvalue weighted by Crippen LogP contribution is 2.64. The van der Waals surface area contributed by atoms with E-state index >= 15 is 0 Å². The fourth-order valence-corrected chi connectivity index (χ4v) is 6.12. The van der Waals surface area contributed by atoms with Gasteiger partial charge in [0.2, 0.25) is 0 Å². The molecule has 23 heavy (non-hydrogen) atoms. The molecule has 0 aromatic rings. The van der Waals surface area contributed by atoms with Crippen molar-refractivity contribution >= 4 is 6.29 Å². The molecule has 0 aromatic heterocycles. The van der Waals surface area contributed by atoms with E-state index in [2.05, 4.69) is 45.6 Å². The van der Waals surface area contributed by atoms with Crippen LogP contribution in [0, 0.1) is 28.1 Å². The van der Waals surface area contributed by atoms with Crippen molar-refractivity contribution in [1.82, 2.24) is 0 Å². The first-order valence-corrected chi connectivity index (χ1v) is 9.34. The van der Waals surface area contributed by atoms with Crippen LogP contribution < -0.4 is 0 Å². The van der Waals surface area contributed by atoms with E-state index in [0.29, 0.717) is 11.3 Å². The van der Waals surface area contributed by atoms with Crippen LogP contribution in [0.15, 0.2) is 36.5 Å². The van der Waals surface area contributed by atoms with E-state index in [0.717, 1.165) is 18.6 Å². The molecule has 3 rings (SSSR count). The third-order valence-corrected chi connectivity index (χ3v) is 7.43. The second-order valence-corrected chi connectivity index (χ2v) is 9.02. The maximum atomic E-state index is 10.9. The van der Waals surface area contributed by atoms with Crippen molar-refractivity contribution in [3.63, 3.8) is 0 Å². The van der Waals surface area contributed by atoms with E-state index in [4.69, 9.17) is 0 Å². The van der Waals surface area contributed by atoms with Gasteiger partial charge in [-0.1, -0.05) is 51.0 Å². The Kier molecular flexibility index (Phi) is 4.19. The lowest BCUT2D eigenvalue weighted by molar-refractivity contribution is -0.104. The molecule has 2 fully saturated rings. The number of hydrogen-bond donors (Lipinski definition) is 0. The molecular weight excluding hydrogens is 280 g/mol. The van der Waals surface area contributed by atoms with E-state index in [1.54, 1.807) is 11.6 Å². The fraction of sp³-hybridized carbons (Fsp3) is 0.682. The van der Waals surface area contributed by atoms with Gasteiger partial charge in [0.05, 0.1) is 0 Å². The summed E-state index contributed by atoms with van der Waals surface area (Å²) in [5.41, 5.74) is 2.52. The van der Waals surface area contributed by atoms with Gasteiger partial charge in [-0.2, -0.15) is 0 Å². The van der Waals surface area contributed by atoms with Crippen LogP contribution in [0.25, 0.3) is 0 Å². The Morgan fingerprint density at radius 2 is 2.00 bits per heavy atom. The summed E-state index contributed by atoms with van der Waals surface area (Å²) >= 11 is 0. The highest BCUT2D eigenvalue weighted by molar-refractivity contribution is 5.64. The summed E-state index contributed by atoms with van der Waals surface area (Å²) in [6.07, 6.45) is 18.5. The van der Waals surface area contributed by atoms with E-state index in [1.807, 2.05) is 0 Å². The maximum absolute atomic E-state index is 10.9. The topological polar surface area (TPSA) is 17.1 Å². The Hall–Kier alpha value is -1.11. The summed E-state index contributed by atoms with van der Waals surface area (Å²) in [7, 11) is 0. The van der Waals surface area contributed by atoms with Crippen LogP contribution in [0.4, 0.5) is 0 Å². The van der Waals surface area contributed by atoms with Gasteiger partial charge in [-0.05, 0) is 72.7 Å². The third-order valence-electron chi connectivity index (χ3n) is 7.43. The molecule has 0 radical (unpaired) electrons. The minimum atomic E-state index is 0.179. The van der Waals surface area contributed by atoms with Crippen molar-refractivity contribution in [3.8, 4) is 0 Å². The van der Waals surface area contributed by atoms with Crippen LogP contribution in [0.3, 0.4) is 0 Å². The van der Waals surface area contributed by atoms with Gasteiger partial charge in [-0.15, -0.1) is 6.58 Å². The van der Waals surface area contributed by atoms with Gasteiger partial charge in [-0.25, -0.2) is 0 Å². The molecule has 1 nitrogen and oxygen atoms in total. The lowest BCUT2D eigenvalue weighted by atomic mass is 9.46. The van der Waals surface area contributed by atoms with Crippen LogP contribution >= 0.6 is 0 Å². The highest BCUT2D eigenvalue weighted by Gasteiger charge is 2.54. The van der Waals surface area contributed by atoms with Crippen molar-refractivity contribution in [2.45, 2.75) is 65.7 Å². The van der Waals surface area contributed by atoms with Gasteiger partial charge in [0.15, 0.2) is 0 Å². The quantitative estimate of drug-likeness (QED) is 0.361. The molecule has 0 aliphatic heterocycles. The molecule has 0 spiro atoms. The van der Waals surface area contributed by atoms with Crippen molar-refractivity contribution in [2.24, 2.45) is 28.1 Å². The van der Waals surface area contributed by atoms with Crippen LogP contribution in [-0.2, 0) is 4.79 Å². The number of rotatable bonds is 3. The Labute approximate surface area is 141 Å². The average molecular weight is 312 g/mol. The fourth-order valence-electron chi connectivity index (χ4n) is 6.12. The smallest absolute Gasteiger partial charge is 0.142 e. The molecule has 0 amide bonds. The molecular formula is C22H32O. The Morgan fingerprint density at radius 3 is 2.70 bits per heavy atom. The van der Waals surface area contributed by atoms with Crippen LogP contribution in [0.5, 0.6) is 0 Å². The predicted molar refractivity (Wildman–Crippen MR) is 97.1 cm³/mol. The molecule has 3 aliphatic carbocycles. The van der Waals surface area contributed by atoms with Crippen LogP contribution in [0.2, 0.25) is 0 Å². The first-order valence-electron chi connectivity index (χ1n) is 9.34. The minimum absolute atomic E-state index is 0.179. The molecule has 0 bridgehead atoms. The molecule has 0 heterocycles. The second-order valence-electron chi connectivity index (χ2n) is 9.02. The Balaban J connectivity index is 1.96. The van der Waals surface area contributed by atoms with E-state index < -0.39 is 0 Å². The Bertz CT molecular complexity index is 556. The lowest BCUT2D eigenvalue weighted by Crippen LogP contribution is -2.49. The minimum Gasteiger partial charge on any atom is -0.299 e. The van der Waals surface area contributed by atoms with Crippen molar-refractivity contribution in [3.05, 3.63) is 36.5 Å². The molecule has 0 saturated heterocycles. The first-order chi connectivity index (χ1) is 10.9. The predicted octanol–water partition coefficient (Wildman–Crippen LogP) is 5.88. The summed E-state index contributed by atoms with van der Waals surface area (Å²) in [6.45, 7) is 11.3. The van der Waals surface area contributed by atoms with Crippen LogP contribution in [-0.4, -0.2) is 6.29 Å². The van der Waals surface area contributed by atoms with Crippen molar-refractivity contribution in [1.29, 1.82) is 0 Å². The van der Waals surface area contributed by atoms with Gasteiger partial charge in [-0.3, -0.25) is 4.79 Å². The van der Waals surface area contributed by atoms with Crippen LogP contribution in [0.1, 0.15) is 65.7 Å². The standard InChI is InChI=1S/C22H32O/c1-5-20(2)14-10-18-17(16-20)8-9-19-21(3,12-7-15-23)11-6-13-22(18,19)4/h5,7,10,12,15,17,19H,1,6,8-9,11,13-14,16H2,2-4H3/t17?,19?,20-,21-,22-/m0/s1. The van der Waals surface area contributed by atoms with E-state index in [1.165, 1.54) is 38.5 Å². The molecule has 0 aromatic carbocycles. The number of carbonyl (C=O) groups is 1. The van der Waals surface area contributed by atoms with E-state index in [9.17, 15) is 4.79 Å². The number of allylic oxidation sites excluding steroid dienone is 5. The zero-order valence-electron chi connectivity index (χ0n) is 15.1. The molecule has 2 unspecified atom stereocenters. The summed E-state index contributed by atoms with van der Waals surface area (Å²) in [5, 5.41) is 0. The lowest BCUT2D eigenvalue weighted by Gasteiger charge is -2.58. The van der Waals surface area contributed by atoms with Crippen molar-refractivity contribution < 1.29 is 4.79 Å². The zero-order valence-corrected chi connectivity index (χ0v) is 15.1. The molecule has 126 valence electrons. The molecule has 0 N–H and O–H groups in total. The summed E-state index contributed by atoms with van der Waals surface area (Å²) < 4.78 is 0. The monoisotopic (exact) mass is 312 g/mol. The summed E-state index contributed by atoms with van der Waals surface area (Å²) in [6, 6.07) is 0. The highest BCUT2D eigenvalue weighted by atomic mass is 16.1. The summed E-state index contributed by atoms with van der Waals surface area (Å²) in [4.78, 5) is 10.9. The molecule has 1 heteroatoms. The Morgan fingerprint density at radius 1 is 1.22 bits per heavy atom. The molecule has 5 atom stereocenters. The maximum Gasteiger partial charge on any atom is 0.142 e. The molecule has 2 saturated carbocycles. The SMILES string of the molecule is C=C[C@@]1(C)CC=C2C(CCC3[C@@]2(C)CCC[C@@]3(C)C=CC=O)C1. The second kappa shape index (κ2) is 5.76.